The summed E-state index contributed by atoms with van der Waals surface area (Å²) in [6.07, 6.45) is 2.28. The number of para-hydroxylation sites is 1. The van der Waals surface area contributed by atoms with Crippen LogP contribution in [0.2, 0.25) is 0 Å². The van der Waals surface area contributed by atoms with Crippen LogP contribution in [0.25, 0.3) is 10.9 Å². The van der Waals surface area contributed by atoms with Gasteiger partial charge in [-0.3, -0.25) is 4.98 Å². The summed E-state index contributed by atoms with van der Waals surface area (Å²) < 4.78 is 33.5. The molecule has 0 radical (unpaired) electrons. The average Bonchev–Trinajstić information content (AvgIpc) is 2.62. The summed E-state index contributed by atoms with van der Waals surface area (Å²) >= 11 is 3.29. The molecule has 0 aliphatic heterocycles. The number of rotatable bonds is 7. The molecule has 0 saturated carbocycles. The van der Waals surface area contributed by atoms with E-state index >= 15 is 0 Å². The van der Waals surface area contributed by atoms with Crippen molar-refractivity contribution in [1.82, 2.24) is 9.71 Å². The fraction of sp³-hybridized carbons (Fsp3) is 0.167. The highest BCUT2D eigenvalue weighted by molar-refractivity contribution is 9.10. The molecule has 0 aliphatic carbocycles. The zero-order chi connectivity index (χ0) is 17.7. The van der Waals surface area contributed by atoms with Crippen molar-refractivity contribution in [2.45, 2.75) is 11.3 Å². The van der Waals surface area contributed by atoms with Crippen molar-refractivity contribution in [1.29, 1.82) is 0 Å². The van der Waals surface area contributed by atoms with Gasteiger partial charge in [-0.25, -0.2) is 13.1 Å². The minimum atomic E-state index is -3.50. The Balaban J connectivity index is 1.52. The van der Waals surface area contributed by atoms with Crippen LogP contribution in [-0.2, 0) is 10.0 Å². The molecule has 130 valence electrons. The minimum absolute atomic E-state index is 0.245. The summed E-state index contributed by atoms with van der Waals surface area (Å²) in [6.45, 7) is 0.704. The maximum absolute atomic E-state index is 12.2. The molecule has 2 aromatic carbocycles. The zero-order valence-corrected chi connectivity index (χ0v) is 15.8. The highest BCUT2D eigenvalue weighted by Gasteiger charge is 2.12. The standard InChI is InChI=1S/C18H17BrN2O3S/c19-15-7-9-16(10-8-15)25(22,23)21-12-3-13-24-17-6-1-4-14-5-2-11-20-18(14)17/h1-2,4-11,21H,3,12-13H2. The van der Waals surface area contributed by atoms with Crippen LogP contribution in [0.4, 0.5) is 0 Å². The zero-order valence-electron chi connectivity index (χ0n) is 13.4. The van der Waals surface area contributed by atoms with E-state index in [2.05, 4.69) is 25.6 Å². The number of benzene rings is 2. The van der Waals surface area contributed by atoms with Gasteiger partial charge in [0.1, 0.15) is 11.3 Å². The summed E-state index contributed by atoms with van der Waals surface area (Å²) in [7, 11) is -3.50. The van der Waals surface area contributed by atoms with Gasteiger partial charge in [-0.1, -0.05) is 34.1 Å². The number of nitrogens with one attached hydrogen (secondary N) is 1. The second-order valence-corrected chi connectivity index (χ2v) is 8.07. The fourth-order valence-corrected chi connectivity index (χ4v) is 3.69. The molecule has 7 heteroatoms. The first-order valence-corrected chi connectivity index (χ1v) is 10.1. The number of nitrogens with zero attached hydrogens (tertiary/aromatic N) is 1. The third-order valence-electron chi connectivity index (χ3n) is 3.59. The van der Waals surface area contributed by atoms with Gasteiger partial charge in [0.25, 0.3) is 0 Å². The number of aromatic nitrogens is 1. The predicted octanol–water partition coefficient (Wildman–Crippen LogP) is 3.74. The van der Waals surface area contributed by atoms with Crippen molar-refractivity contribution in [3.63, 3.8) is 0 Å². The summed E-state index contributed by atoms with van der Waals surface area (Å²) in [5.41, 5.74) is 0.806. The minimum Gasteiger partial charge on any atom is -0.491 e. The van der Waals surface area contributed by atoms with Crippen molar-refractivity contribution < 1.29 is 13.2 Å². The van der Waals surface area contributed by atoms with Crippen LogP contribution in [-0.4, -0.2) is 26.6 Å². The van der Waals surface area contributed by atoms with Crippen LogP contribution < -0.4 is 9.46 Å². The molecule has 0 bridgehead atoms. The van der Waals surface area contributed by atoms with Crippen LogP contribution in [0.15, 0.2) is 70.2 Å². The van der Waals surface area contributed by atoms with E-state index in [1.807, 2.05) is 30.3 Å². The topological polar surface area (TPSA) is 68.3 Å². The predicted molar refractivity (Wildman–Crippen MR) is 101 cm³/mol. The number of ether oxygens (including phenoxy) is 1. The smallest absolute Gasteiger partial charge is 0.240 e. The quantitative estimate of drug-likeness (QED) is 0.591. The Bertz CT molecular complexity index is 954. The highest BCUT2D eigenvalue weighted by Crippen LogP contribution is 2.22. The Morgan fingerprint density at radius 1 is 1.04 bits per heavy atom. The normalized spacial score (nSPS) is 11.6. The largest absolute Gasteiger partial charge is 0.491 e. The van der Waals surface area contributed by atoms with Crippen molar-refractivity contribution in [3.05, 3.63) is 65.3 Å². The Labute approximate surface area is 155 Å². The lowest BCUT2D eigenvalue weighted by Gasteiger charge is -2.09. The molecule has 0 fully saturated rings. The van der Waals surface area contributed by atoms with Crippen LogP contribution in [0.1, 0.15) is 6.42 Å². The SMILES string of the molecule is O=S(=O)(NCCCOc1cccc2cccnc12)c1ccc(Br)cc1. The van der Waals surface area contributed by atoms with E-state index in [9.17, 15) is 8.42 Å². The summed E-state index contributed by atoms with van der Waals surface area (Å²) in [5, 5.41) is 1.01. The molecular weight excluding hydrogens is 404 g/mol. The van der Waals surface area contributed by atoms with Gasteiger partial charge >= 0.3 is 0 Å². The lowest BCUT2D eigenvalue weighted by Crippen LogP contribution is -2.25. The molecule has 1 N–H and O–H groups in total. The number of pyridine rings is 1. The molecule has 0 amide bonds. The first-order valence-electron chi connectivity index (χ1n) is 7.78. The molecule has 0 spiro atoms. The maximum atomic E-state index is 12.2. The molecule has 0 atom stereocenters. The number of fused-ring (bicyclic) bond motifs is 1. The van der Waals surface area contributed by atoms with Gasteiger partial charge in [0.05, 0.1) is 11.5 Å². The van der Waals surface area contributed by atoms with Crippen molar-refractivity contribution >= 4 is 36.9 Å². The maximum Gasteiger partial charge on any atom is 0.240 e. The van der Waals surface area contributed by atoms with Crippen LogP contribution in [0.3, 0.4) is 0 Å². The first-order chi connectivity index (χ1) is 12.1. The Morgan fingerprint density at radius 3 is 2.60 bits per heavy atom. The third kappa shape index (κ3) is 4.56. The molecule has 0 saturated heterocycles. The lowest BCUT2D eigenvalue weighted by molar-refractivity contribution is 0.314. The first kappa shape index (κ1) is 17.8. The van der Waals surface area contributed by atoms with Gasteiger partial charge in [-0.05, 0) is 42.8 Å². The van der Waals surface area contributed by atoms with E-state index in [-0.39, 0.29) is 4.90 Å². The van der Waals surface area contributed by atoms with Gasteiger partial charge < -0.3 is 4.74 Å². The number of hydrogen-bond acceptors (Lipinski definition) is 4. The van der Waals surface area contributed by atoms with Crippen molar-refractivity contribution in [2.75, 3.05) is 13.2 Å². The molecule has 5 nitrogen and oxygen atoms in total. The van der Waals surface area contributed by atoms with Crippen molar-refractivity contribution in [2.24, 2.45) is 0 Å². The van der Waals surface area contributed by atoms with E-state index < -0.39 is 10.0 Å². The summed E-state index contributed by atoms with van der Waals surface area (Å²) in [4.78, 5) is 4.57. The molecule has 3 rings (SSSR count). The van der Waals surface area contributed by atoms with Crippen LogP contribution >= 0.6 is 15.9 Å². The van der Waals surface area contributed by atoms with Gasteiger partial charge in [-0.2, -0.15) is 0 Å². The molecular formula is C18H17BrN2O3S. The van der Waals surface area contributed by atoms with Crippen LogP contribution in [0, 0.1) is 0 Å². The fourth-order valence-electron chi connectivity index (χ4n) is 2.35. The van der Waals surface area contributed by atoms with Gasteiger partial charge in [0, 0.05) is 22.6 Å². The number of sulfonamides is 1. The number of hydrogen-bond donors (Lipinski definition) is 1. The van der Waals surface area contributed by atoms with E-state index in [0.717, 1.165) is 15.4 Å². The molecule has 0 aliphatic rings. The molecule has 0 unspecified atom stereocenters. The number of halogens is 1. The Kier molecular flexibility index (Phi) is 5.67. The Hall–Kier alpha value is -1.96. The van der Waals surface area contributed by atoms with Crippen LogP contribution in [0.5, 0.6) is 5.75 Å². The highest BCUT2D eigenvalue weighted by atomic mass is 79.9. The average molecular weight is 421 g/mol. The van der Waals surface area contributed by atoms with E-state index in [0.29, 0.717) is 25.3 Å². The molecule has 3 aromatic rings. The summed E-state index contributed by atoms with van der Waals surface area (Å²) in [6, 6.07) is 16.1. The molecule has 1 aromatic heterocycles. The van der Waals surface area contributed by atoms with Gasteiger partial charge in [0.15, 0.2) is 0 Å². The monoisotopic (exact) mass is 420 g/mol. The lowest BCUT2D eigenvalue weighted by atomic mass is 10.2. The summed E-state index contributed by atoms with van der Waals surface area (Å²) in [5.74, 6) is 0.703. The van der Waals surface area contributed by atoms with E-state index in [1.54, 1.807) is 30.5 Å². The third-order valence-corrected chi connectivity index (χ3v) is 5.60. The second-order valence-electron chi connectivity index (χ2n) is 5.38. The second kappa shape index (κ2) is 7.95. The van der Waals surface area contributed by atoms with Crippen molar-refractivity contribution in [3.8, 4) is 5.75 Å². The molecule has 1 heterocycles. The van der Waals surface area contributed by atoms with Gasteiger partial charge in [0.2, 0.25) is 10.0 Å². The Morgan fingerprint density at radius 2 is 1.80 bits per heavy atom. The van der Waals surface area contributed by atoms with Gasteiger partial charge in [-0.15, -0.1) is 0 Å². The van der Waals surface area contributed by atoms with E-state index in [4.69, 9.17) is 4.74 Å². The molecule has 25 heavy (non-hydrogen) atoms. The van der Waals surface area contributed by atoms with E-state index in [1.165, 1.54) is 0 Å².